The lowest BCUT2D eigenvalue weighted by atomic mass is 9.80. The first-order valence-corrected chi connectivity index (χ1v) is 8.33. The molecule has 2 aliphatic rings. The highest BCUT2D eigenvalue weighted by molar-refractivity contribution is 4.93. The van der Waals surface area contributed by atoms with E-state index >= 15 is 0 Å². The van der Waals surface area contributed by atoms with Crippen molar-refractivity contribution in [2.75, 3.05) is 33.0 Å². The summed E-state index contributed by atoms with van der Waals surface area (Å²) < 4.78 is 11.5. The molecule has 1 saturated heterocycles. The van der Waals surface area contributed by atoms with Crippen LogP contribution in [0.3, 0.4) is 0 Å². The number of rotatable bonds is 7. The fraction of sp³-hybridized carbons (Fsp3) is 1.00. The minimum Gasteiger partial charge on any atom is -0.394 e. The largest absolute Gasteiger partial charge is 0.394 e. The summed E-state index contributed by atoms with van der Waals surface area (Å²) in [7, 11) is 0. The number of aliphatic hydroxyl groups excluding tert-OH is 1. The van der Waals surface area contributed by atoms with Crippen molar-refractivity contribution in [2.45, 2.75) is 63.5 Å². The molecule has 1 saturated carbocycles. The third kappa shape index (κ3) is 4.69. The van der Waals surface area contributed by atoms with E-state index in [4.69, 9.17) is 9.47 Å². The molecule has 1 heterocycles. The minimum absolute atomic E-state index is 0.103. The van der Waals surface area contributed by atoms with Gasteiger partial charge in [0.25, 0.3) is 0 Å². The van der Waals surface area contributed by atoms with Crippen LogP contribution in [0.15, 0.2) is 0 Å². The number of ether oxygens (including phenoxy) is 2. The number of hydrogen-bond donors (Lipinski definition) is 2. The lowest BCUT2D eigenvalue weighted by molar-refractivity contribution is -0.0458. The first-order valence-electron chi connectivity index (χ1n) is 8.33. The molecule has 2 N–H and O–H groups in total. The Morgan fingerprint density at radius 1 is 1.30 bits per heavy atom. The van der Waals surface area contributed by atoms with Gasteiger partial charge in [-0.15, -0.1) is 0 Å². The van der Waals surface area contributed by atoms with Crippen LogP contribution in [0.2, 0.25) is 0 Å². The normalized spacial score (nSPS) is 32.4. The van der Waals surface area contributed by atoms with Crippen LogP contribution in [0.5, 0.6) is 0 Å². The van der Waals surface area contributed by atoms with Gasteiger partial charge in [-0.3, -0.25) is 0 Å². The Balaban J connectivity index is 1.76. The van der Waals surface area contributed by atoms with E-state index in [0.717, 1.165) is 71.3 Å². The molecular weight excluding hydrogens is 254 g/mol. The zero-order valence-electron chi connectivity index (χ0n) is 12.9. The minimum atomic E-state index is -0.103. The average molecular weight is 285 g/mol. The molecule has 2 unspecified atom stereocenters. The maximum Gasteiger partial charge on any atom is 0.0614 e. The van der Waals surface area contributed by atoms with Crippen LogP contribution >= 0.6 is 0 Å². The summed E-state index contributed by atoms with van der Waals surface area (Å²) >= 11 is 0. The van der Waals surface area contributed by atoms with E-state index in [2.05, 4.69) is 12.2 Å². The van der Waals surface area contributed by atoms with Crippen molar-refractivity contribution in [3.63, 3.8) is 0 Å². The van der Waals surface area contributed by atoms with E-state index in [9.17, 15) is 5.11 Å². The third-order valence-corrected chi connectivity index (χ3v) is 4.76. The second-order valence-electron chi connectivity index (χ2n) is 6.47. The van der Waals surface area contributed by atoms with Gasteiger partial charge >= 0.3 is 0 Å². The molecule has 2 atom stereocenters. The van der Waals surface area contributed by atoms with Crippen LogP contribution in [-0.2, 0) is 9.47 Å². The molecule has 118 valence electrons. The van der Waals surface area contributed by atoms with Gasteiger partial charge in [0, 0.05) is 25.4 Å². The summed E-state index contributed by atoms with van der Waals surface area (Å²) in [6.07, 6.45) is 7.98. The monoisotopic (exact) mass is 285 g/mol. The predicted molar refractivity (Wildman–Crippen MR) is 79.9 cm³/mol. The number of hydrogen-bond acceptors (Lipinski definition) is 4. The zero-order chi connectivity index (χ0) is 14.3. The van der Waals surface area contributed by atoms with Gasteiger partial charge in [0.05, 0.1) is 12.7 Å². The smallest absolute Gasteiger partial charge is 0.0614 e. The maximum atomic E-state index is 9.77. The Labute approximate surface area is 123 Å². The highest BCUT2D eigenvalue weighted by Gasteiger charge is 2.36. The van der Waals surface area contributed by atoms with Gasteiger partial charge in [-0.05, 0) is 57.4 Å². The Bertz CT molecular complexity index is 268. The molecule has 0 spiro atoms. The topological polar surface area (TPSA) is 50.7 Å². The molecule has 1 aliphatic heterocycles. The van der Waals surface area contributed by atoms with Crippen molar-refractivity contribution in [1.82, 2.24) is 5.32 Å². The Hall–Kier alpha value is -0.160. The lowest BCUT2D eigenvalue weighted by Crippen LogP contribution is -2.53. The summed E-state index contributed by atoms with van der Waals surface area (Å²) in [5, 5.41) is 13.3. The lowest BCUT2D eigenvalue weighted by Gasteiger charge is -2.41. The maximum absolute atomic E-state index is 9.77. The molecule has 0 aromatic heterocycles. The molecule has 0 radical (unpaired) electrons. The van der Waals surface area contributed by atoms with Crippen LogP contribution in [0.1, 0.15) is 51.9 Å². The first kappa shape index (κ1) is 16.2. The van der Waals surface area contributed by atoms with E-state index in [1.807, 2.05) is 0 Å². The van der Waals surface area contributed by atoms with Crippen LogP contribution in [-0.4, -0.2) is 49.7 Å². The summed E-state index contributed by atoms with van der Waals surface area (Å²) in [5.41, 5.74) is -0.103. The second kappa shape index (κ2) is 8.32. The van der Waals surface area contributed by atoms with Crippen molar-refractivity contribution in [1.29, 1.82) is 0 Å². The summed E-state index contributed by atoms with van der Waals surface area (Å²) in [6.45, 7) is 6.01. The molecular formula is C16H31NO3. The molecule has 0 aromatic carbocycles. The zero-order valence-corrected chi connectivity index (χ0v) is 12.9. The molecule has 0 amide bonds. The molecule has 4 heteroatoms. The van der Waals surface area contributed by atoms with Gasteiger partial charge in [0.1, 0.15) is 0 Å². The number of aliphatic hydroxyl groups is 1. The van der Waals surface area contributed by atoms with Gasteiger partial charge in [0.2, 0.25) is 0 Å². The SMILES string of the molecule is CCCNC1(CO)CCCC(OCC2CCOCC2)C1. The molecule has 0 bridgehead atoms. The molecule has 2 fully saturated rings. The van der Waals surface area contributed by atoms with E-state index in [-0.39, 0.29) is 12.1 Å². The van der Waals surface area contributed by atoms with Gasteiger partial charge in [-0.1, -0.05) is 6.92 Å². The molecule has 1 aliphatic carbocycles. The summed E-state index contributed by atoms with van der Waals surface area (Å²) in [6, 6.07) is 0. The molecule has 2 rings (SSSR count). The Morgan fingerprint density at radius 3 is 2.80 bits per heavy atom. The van der Waals surface area contributed by atoms with Crippen molar-refractivity contribution in [3.8, 4) is 0 Å². The van der Waals surface area contributed by atoms with Crippen molar-refractivity contribution in [3.05, 3.63) is 0 Å². The van der Waals surface area contributed by atoms with E-state index in [1.54, 1.807) is 0 Å². The van der Waals surface area contributed by atoms with Crippen molar-refractivity contribution >= 4 is 0 Å². The first-order chi connectivity index (χ1) is 9.78. The average Bonchev–Trinajstić information content (AvgIpc) is 2.52. The fourth-order valence-corrected chi connectivity index (χ4v) is 3.39. The summed E-state index contributed by atoms with van der Waals surface area (Å²) in [4.78, 5) is 0. The van der Waals surface area contributed by atoms with Gasteiger partial charge in [-0.2, -0.15) is 0 Å². The highest BCUT2D eigenvalue weighted by atomic mass is 16.5. The second-order valence-corrected chi connectivity index (χ2v) is 6.47. The molecule has 4 nitrogen and oxygen atoms in total. The predicted octanol–water partition coefficient (Wildman–Crippen LogP) is 2.10. The molecule has 0 aromatic rings. The van der Waals surface area contributed by atoms with Crippen molar-refractivity contribution in [2.24, 2.45) is 5.92 Å². The van der Waals surface area contributed by atoms with E-state index in [1.165, 1.54) is 0 Å². The number of nitrogens with one attached hydrogen (secondary N) is 1. The van der Waals surface area contributed by atoms with Crippen LogP contribution in [0.25, 0.3) is 0 Å². The highest BCUT2D eigenvalue weighted by Crippen LogP contribution is 2.30. The van der Waals surface area contributed by atoms with Crippen molar-refractivity contribution < 1.29 is 14.6 Å². The Kier molecular flexibility index (Phi) is 6.75. The van der Waals surface area contributed by atoms with Crippen LogP contribution in [0, 0.1) is 5.92 Å². The van der Waals surface area contributed by atoms with E-state index < -0.39 is 0 Å². The fourth-order valence-electron chi connectivity index (χ4n) is 3.39. The van der Waals surface area contributed by atoms with Gasteiger partial charge < -0.3 is 19.9 Å². The van der Waals surface area contributed by atoms with E-state index in [0.29, 0.717) is 12.0 Å². The summed E-state index contributed by atoms with van der Waals surface area (Å²) in [5.74, 6) is 0.665. The van der Waals surface area contributed by atoms with Gasteiger partial charge in [0.15, 0.2) is 0 Å². The van der Waals surface area contributed by atoms with Crippen LogP contribution in [0.4, 0.5) is 0 Å². The standard InChI is InChI=1S/C16H31NO3/c1-2-8-17-16(13-18)7-3-4-15(11-16)20-12-14-5-9-19-10-6-14/h14-15,17-18H,2-13H2,1H3. The Morgan fingerprint density at radius 2 is 2.10 bits per heavy atom. The quantitative estimate of drug-likeness (QED) is 0.752. The third-order valence-electron chi connectivity index (χ3n) is 4.76. The molecule has 20 heavy (non-hydrogen) atoms. The van der Waals surface area contributed by atoms with Crippen LogP contribution < -0.4 is 5.32 Å². The van der Waals surface area contributed by atoms with Gasteiger partial charge in [-0.25, -0.2) is 0 Å².